The highest BCUT2D eigenvalue weighted by atomic mass is 16.6. The predicted molar refractivity (Wildman–Crippen MR) is 284 cm³/mol. The summed E-state index contributed by atoms with van der Waals surface area (Å²) in [5.74, 6) is -0.908. The molecule has 0 aromatic heterocycles. The molecule has 0 aliphatic carbocycles. The van der Waals surface area contributed by atoms with Crippen molar-refractivity contribution in [2.24, 2.45) is 0 Å². The number of esters is 3. The van der Waals surface area contributed by atoms with Crippen LogP contribution in [0.3, 0.4) is 0 Å². The average molecular weight is 924 g/mol. The molecule has 0 amide bonds. The van der Waals surface area contributed by atoms with Crippen LogP contribution in [0.4, 0.5) is 0 Å². The first kappa shape index (κ1) is 63.1. The Morgan fingerprint density at radius 1 is 0.333 bits per heavy atom. The van der Waals surface area contributed by atoms with Crippen LogP contribution in [-0.2, 0) is 28.6 Å². The minimum atomic E-state index is -0.788. The third kappa shape index (κ3) is 52.1. The molecule has 1 atom stereocenters. The molecule has 1 unspecified atom stereocenters. The molecule has 382 valence electrons. The lowest BCUT2D eigenvalue weighted by Crippen LogP contribution is -2.30. The monoisotopic (exact) mass is 923 g/mol. The molecule has 0 aromatic carbocycles. The number of hydrogen-bond acceptors (Lipinski definition) is 6. The minimum absolute atomic E-state index is 0.0840. The van der Waals surface area contributed by atoms with Crippen molar-refractivity contribution in [2.75, 3.05) is 13.2 Å². The zero-order valence-corrected chi connectivity index (χ0v) is 43.7. The predicted octanol–water partition coefficient (Wildman–Crippen LogP) is 18.8. The highest BCUT2D eigenvalue weighted by Gasteiger charge is 2.19. The van der Waals surface area contributed by atoms with E-state index in [0.717, 1.165) is 103 Å². The van der Waals surface area contributed by atoms with E-state index in [0.29, 0.717) is 19.3 Å². The van der Waals surface area contributed by atoms with Gasteiger partial charge in [0.2, 0.25) is 0 Å². The average Bonchev–Trinajstić information content (AvgIpc) is 3.31. The Morgan fingerprint density at radius 2 is 0.636 bits per heavy atom. The molecule has 0 N–H and O–H groups in total. The van der Waals surface area contributed by atoms with Crippen LogP contribution in [-0.4, -0.2) is 37.2 Å². The summed E-state index contributed by atoms with van der Waals surface area (Å²) in [4.78, 5) is 38.1. The second kappa shape index (κ2) is 54.7. The van der Waals surface area contributed by atoms with Gasteiger partial charge in [0.25, 0.3) is 0 Å². The Morgan fingerprint density at radius 3 is 1.05 bits per heavy atom. The zero-order valence-electron chi connectivity index (χ0n) is 43.7. The molecule has 0 bridgehead atoms. The molecule has 0 heterocycles. The quantitative estimate of drug-likeness (QED) is 0.0199. The molecule has 0 radical (unpaired) electrons. The van der Waals surface area contributed by atoms with E-state index >= 15 is 0 Å². The molecule has 0 saturated carbocycles. The normalized spacial score (nSPS) is 12.5. The molecule has 6 heteroatoms. The summed E-state index contributed by atoms with van der Waals surface area (Å²) in [7, 11) is 0. The molecule has 66 heavy (non-hydrogen) atoms. The fourth-order valence-electron chi connectivity index (χ4n) is 8.04. The van der Waals surface area contributed by atoms with E-state index in [1.165, 1.54) is 141 Å². The van der Waals surface area contributed by atoms with Gasteiger partial charge in [-0.25, -0.2) is 0 Å². The first-order chi connectivity index (χ1) is 32.5. The lowest BCUT2D eigenvalue weighted by Gasteiger charge is -2.18. The van der Waals surface area contributed by atoms with Crippen LogP contribution < -0.4 is 0 Å². The maximum atomic E-state index is 12.8. The van der Waals surface area contributed by atoms with E-state index in [-0.39, 0.29) is 31.1 Å². The van der Waals surface area contributed by atoms with Gasteiger partial charge in [-0.2, -0.15) is 0 Å². The SMILES string of the molecule is CC/C=C\C/C=C\C/C=C\CCCCCCC(=O)OCC(COC(=O)CCCCCCCCCCCCCCCCCCCCC)OC(=O)CCCCCCCC/C=C\C=C/CCCCC. The van der Waals surface area contributed by atoms with Crippen molar-refractivity contribution >= 4 is 17.9 Å². The minimum Gasteiger partial charge on any atom is -0.462 e. The van der Waals surface area contributed by atoms with Crippen LogP contribution in [0.15, 0.2) is 60.8 Å². The number of ether oxygens (including phenoxy) is 3. The summed E-state index contributed by atoms with van der Waals surface area (Å²) in [6.07, 6.45) is 67.8. The number of hydrogen-bond donors (Lipinski definition) is 0. The van der Waals surface area contributed by atoms with E-state index in [9.17, 15) is 14.4 Å². The second-order valence-corrected chi connectivity index (χ2v) is 18.9. The molecular formula is C60H106O6. The summed E-state index contributed by atoms with van der Waals surface area (Å²) in [6.45, 7) is 6.50. The number of allylic oxidation sites excluding steroid dienone is 10. The van der Waals surface area contributed by atoms with Gasteiger partial charge in [-0.3, -0.25) is 14.4 Å². The van der Waals surface area contributed by atoms with Gasteiger partial charge < -0.3 is 14.2 Å². The maximum Gasteiger partial charge on any atom is 0.306 e. The number of carbonyl (C=O) groups is 3. The van der Waals surface area contributed by atoms with E-state index in [4.69, 9.17) is 14.2 Å². The lowest BCUT2D eigenvalue weighted by molar-refractivity contribution is -0.167. The van der Waals surface area contributed by atoms with Crippen molar-refractivity contribution in [2.45, 2.75) is 290 Å². The Bertz CT molecular complexity index is 1200. The van der Waals surface area contributed by atoms with Crippen molar-refractivity contribution in [3.05, 3.63) is 60.8 Å². The van der Waals surface area contributed by atoms with Gasteiger partial charge in [-0.05, 0) is 77.0 Å². The van der Waals surface area contributed by atoms with Gasteiger partial charge in [0.05, 0.1) is 0 Å². The van der Waals surface area contributed by atoms with Crippen LogP contribution in [0.25, 0.3) is 0 Å². The van der Waals surface area contributed by atoms with Crippen molar-refractivity contribution < 1.29 is 28.6 Å². The number of unbranched alkanes of at least 4 members (excludes halogenated alkanes) is 31. The summed E-state index contributed by atoms with van der Waals surface area (Å²) in [6, 6.07) is 0. The molecule has 0 aliphatic heterocycles. The van der Waals surface area contributed by atoms with Gasteiger partial charge in [0, 0.05) is 19.3 Å². The Labute approximate surface area is 409 Å². The first-order valence-electron chi connectivity index (χ1n) is 28.3. The zero-order chi connectivity index (χ0) is 47.9. The smallest absolute Gasteiger partial charge is 0.306 e. The highest BCUT2D eigenvalue weighted by Crippen LogP contribution is 2.16. The number of carbonyl (C=O) groups excluding carboxylic acids is 3. The summed E-state index contributed by atoms with van der Waals surface area (Å²) < 4.78 is 16.8. The van der Waals surface area contributed by atoms with Gasteiger partial charge in [0.15, 0.2) is 6.10 Å². The van der Waals surface area contributed by atoms with Crippen LogP contribution in [0, 0.1) is 0 Å². The summed E-state index contributed by atoms with van der Waals surface area (Å²) in [5.41, 5.74) is 0. The Balaban J connectivity index is 4.37. The molecular weight excluding hydrogens is 817 g/mol. The standard InChI is InChI=1S/C60H106O6/c1-4-7-10-13-16-19-22-25-28-29-30-31-33-35-38-41-44-47-50-53-59(62)65-56-57(55-64-58(61)52-49-46-43-40-37-34-27-24-21-18-15-12-9-6-3)66-60(63)54-51-48-45-42-39-36-32-26-23-20-17-14-11-8-5-2/h9,12,17-18,20-21,23,26-27,34,57H,4-8,10-11,13-16,19,22,24-25,28-33,35-56H2,1-3H3/b12-9-,20-17-,21-18-,26-23-,34-27-. The fraction of sp³-hybridized carbons (Fsp3) is 0.783. The summed E-state index contributed by atoms with van der Waals surface area (Å²) >= 11 is 0. The van der Waals surface area contributed by atoms with Gasteiger partial charge in [0.1, 0.15) is 13.2 Å². The van der Waals surface area contributed by atoms with Gasteiger partial charge in [-0.15, -0.1) is 0 Å². The fourth-order valence-corrected chi connectivity index (χ4v) is 8.04. The van der Waals surface area contributed by atoms with E-state index in [1.807, 2.05) is 0 Å². The van der Waals surface area contributed by atoms with Gasteiger partial charge >= 0.3 is 17.9 Å². The Hall–Kier alpha value is -2.89. The van der Waals surface area contributed by atoms with Crippen molar-refractivity contribution in [1.29, 1.82) is 0 Å². The van der Waals surface area contributed by atoms with E-state index in [2.05, 4.69) is 81.5 Å². The molecule has 0 spiro atoms. The first-order valence-corrected chi connectivity index (χ1v) is 28.3. The molecule has 0 aliphatic rings. The van der Waals surface area contributed by atoms with Crippen molar-refractivity contribution in [1.82, 2.24) is 0 Å². The van der Waals surface area contributed by atoms with Gasteiger partial charge in [-0.1, -0.05) is 248 Å². The van der Waals surface area contributed by atoms with Crippen LogP contribution in [0.1, 0.15) is 284 Å². The van der Waals surface area contributed by atoms with Crippen LogP contribution in [0.2, 0.25) is 0 Å². The molecule has 0 aromatic rings. The Kier molecular flexibility index (Phi) is 52.3. The topological polar surface area (TPSA) is 78.9 Å². The largest absolute Gasteiger partial charge is 0.462 e. The molecule has 0 fully saturated rings. The molecule has 0 rings (SSSR count). The van der Waals surface area contributed by atoms with Crippen LogP contribution in [0.5, 0.6) is 0 Å². The number of rotatable bonds is 51. The van der Waals surface area contributed by atoms with Crippen LogP contribution >= 0.6 is 0 Å². The summed E-state index contributed by atoms with van der Waals surface area (Å²) in [5, 5.41) is 0. The third-order valence-electron chi connectivity index (χ3n) is 12.3. The third-order valence-corrected chi connectivity index (χ3v) is 12.3. The van der Waals surface area contributed by atoms with Crippen molar-refractivity contribution in [3.63, 3.8) is 0 Å². The molecule has 6 nitrogen and oxygen atoms in total. The van der Waals surface area contributed by atoms with E-state index in [1.54, 1.807) is 0 Å². The maximum absolute atomic E-state index is 12.8. The van der Waals surface area contributed by atoms with E-state index < -0.39 is 6.10 Å². The lowest BCUT2D eigenvalue weighted by atomic mass is 10.0. The highest BCUT2D eigenvalue weighted by molar-refractivity contribution is 5.71. The van der Waals surface area contributed by atoms with Crippen molar-refractivity contribution in [3.8, 4) is 0 Å². The second-order valence-electron chi connectivity index (χ2n) is 18.9. The molecule has 0 saturated heterocycles.